The number of carboxylic acid groups (broad SMARTS) is 1. The van der Waals surface area contributed by atoms with E-state index in [0.29, 0.717) is 18.6 Å². The van der Waals surface area contributed by atoms with Crippen molar-refractivity contribution >= 4 is 21.9 Å². The quantitative estimate of drug-likeness (QED) is 0.716. The molecule has 1 fully saturated rings. The van der Waals surface area contributed by atoms with Gasteiger partial charge in [-0.2, -0.15) is 4.31 Å². The SMILES string of the molecule is COc1ccc(S(=O)(=O)N2CCC(C(=O)NCC(C)(C)C(=O)O)CC2)cc1. The summed E-state index contributed by atoms with van der Waals surface area (Å²) in [4.78, 5) is 23.6. The lowest BCUT2D eigenvalue weighted by atomic mass is 9.92. The Morgan fingerprint density at radius 1 is 1.22 bits per heavy atom. The van der Waals surface area contributed by atoms with Crippen molar-refractivity contribution < 1.29 is 27.9 Å². The number of carboxylic acids is 1. The number of sulfonamides is 1. The van der Waals surface area contributed by atoms with Crippen LogP contribution in [0.1, 0.15) is 26.7 Å². The summed E-state index contributed by atoms with van der Waals surface area (Å²) in [6.07, 6.45) is 0.795. The summed E-state index contributed by atoms with van der Waals surface area (Å²) in [5.74, 6) is -0.959. The maximum atomic E-state index is 12.7. The second-order valence-corrected chi connectivity index (χ2v) is 9.20. The number of nitrogens with one attached hydrogen (secondary N) is 1. The number of nitrogens with zero attached hydrogens (tertiary/aromatic N) is 1. The first-order valence-corrected chi connectivity index (χ1v) is 10.2. The highest BCUT2D eigenvalue weighted by Gasteiger charge is 2.33. The minimum atomic E-state index is -3.61. The Labute approximate surface area is 159 Å². The van der Waals surface area contributed by atoms with E-state index >= 15 is 0 Å². The molecule has 1 aliphatic heterocycles. The molecule has 27 heavy (non-hydrogen) atoms. The van der Waals surface area contributed by atoms with Gasteiger partial charge in [0.15, 0.2) is 0 Å². The Balaban J connectivity index is 1.93. The summed E-state index contributed by atoms with van der Waals surface area (Å²) in [7, 11) is -2.10. The zero-order valence-corrected chi connectivity index (χ0v) is 16.6. The van der Waals surface area contributed by atoms with E-state index in [1.165, 1.54) is 23.5 Å². The van der Waals surface area contributed by atoms with E-state index in [1.807, 2.05) is 0 Å². The second kappa shape index (κ2) is 8.26. The van der Waals surface area contributed by atoms with Crippen molar-refractivity contribution in [3.05, 3.63) is 24.3 Å². The van der Waals surface area contributed by atoms with Crippen molar-refractivity contribution in [3.8, 4) is 5.75 Å². The van der Waals surface area contributed by atoms with Crippen LogP contribution < -0.4 is 10.1 Å². The number of hydrogen-bond acceptors (Lipinski definition) is 5. The zero-order chi connectivity index (χ0) is 20.2. The molecule has 8 nitrogen and oxygen atoms in total. The minimum absolute atomic E-state index is 0.0333. The summed E-state index contributed by atoms with van der Waals surface area (Å²) in [6.45, 7) is 3.61. The molecule has 1 saturated heterocycles. The van der Waals surface area contributed by atoms with Gasteiger partial charge in [0.2, 0.25) is 15.9 Å². The van der Waals surface area contributed by atoms with Gasteiger partial charge in [-0.3, -0.25) is 9.59 Å². The monoisotopic (exact) mass is 398 g/mol. The first kappa shape index (κ1) is 21.2. The predicted octanol–water partition coefficient (Wildman–Crippen LogP) is 1.32. The summed E-state index contributed by atoms with van der Waals surface area (Å²) >= 11 is 0. The van der Waals surface area contributed by atoms with Gasteiger partial charge in [0, 0.05) is 25.6 Å². The molecule has 2 rings (SSSR count). The van der Waals surface area contributed by atoms with Gasteiger partial charge in [-0.05, 0) is 51.0 Å². The Morgan fingerprint density at radius 2 is 1.78 bits per heavy atom. The van der Waals surface area contributed by atoms with Crippen LogP contribution in [0.5, 0.6) is 5.75 Å². The van der Waals surface area contributed by atoms with Crippen LogP contribution in [0.2, 0.25) is 0 Å². The molecular formula is C18H26N2O6S. The normalized spacial score (nSPS) is 16.7. The van der Waals surface area contributed by atoms with Gasteiger partial charge in [0.25, 0.3) is 0 Å². The maximum absolute atomic E-state index is 12.7. The molecule has 1 heterocycles. The standard InChI is InChI=1S/C18H26N2O6S/c1-18(2,17(22)23)12-19-16(21)13-8-10-20(11-9-13)27(24,25)15-6-4-14(26-3)5-7-15/h4-7,13H,8-12H2,1-3H3,(H,19,21)(H,22,23). The highest BCUT2D eigenvalue weighted by atomic mass is 32.2. The number of amides is 1. The lowest BCUT2D eigenvalue weighted by Crippen LogP contribution is -2.45. The van der Waals surface area contributed by atoms with E-state index < -0.39 is 21.4 Å². The number of methoxy groups -OCH3 is 1. The van der Waals surface area contributed by atoms with E-state index in [2.05, 4.69) is 5.32 Å². The van der Waals surface area contributed by atoms with Gasteiger partial charge in [-0.15, -0.1) is 0 Å². The number of carbonyl (C=O) groups is 2. The molecule has 2 N–H and O–H groups in total. The largest absolute Gasteiger partial charge is 0.497 e. The molecule has 1 aromatic carbocycles. The fourth-order valence-corrected chi connectivity index (χ4v) is 4.25. The van der Waals surface area contributed by atoms with E-state index in [9.17, 15) is 18.0 Å². The van der Waals surface area contributed by atoms with E-state index in [0.717, 1.165) is 0 Å². The topological polar surface area (TPSA) is 113 Å². The van der Waals surface area contributed by atoms with Gasteiger partial charge in [-0.25, -0.2) is 8.42 Å². The third-order valence-electron chi connectivity index (χ3n) is 4.81. The molecule has 1 aliphatic rings. The van der Waals surface area contributed by atoms with Gasteiger partial charge in [-0.1, -0.05) is 0 Å². The smallest absolute Gasteiger partial charge is 0.310 e. The highest BCUT2D eigenvalue weighted by Crippen LogP contribution is 2.25. The van der Waals surface area contributed by atoms with Crippen molar-refractivity contribution in [2.75, 3.05) is 26.7 Å². The summed E-state index contributed by atoms with van der Waals surface area (Å²) in [5, 5.41) is 11.8. The van der Waals surface area contributed by atoms with Crippen molar-refractivity contribution in [2.24, 2.45) is 11.3 Å². The fraction of sp³-hybridized carbons (Fsp3) is 0.556. The van der Waals surface area contributed by atoms with Gasteiger partial charge in [0.05, 0.1) is 17.4 Å². The average Bonchev–Trinajstić information content (AvgIpc) is 2.66. The molecule has 0 atom stereocenters. The van der Waals surface area contributed by atoms with E-state index in [-0.39, 0.29) is 36.4 Å². The first-order valence-electron chi connectivity index (χ1n) is 8.73. The molecule has 1 amide bonds. The number of benzene rings is 1. The van der Waals surface area contributed by atoms with Crippen LogP contribution in [0.25, 0.3) is 0 Å². The molecule has 0 radical (unpaired) electrons. The Morgan fingerprint density at radius 3 is 2.26 bits per heavy atom. The molecule has 0 aliphatic carbocycles. The Hall–Kier alpha value is -2.13. The Kier molecular flexibility index (Phi) is 6.48. The van der Waals surface area contributed by atoms with Crippen molar-refractivity contribution in [1.29, 1.82) is 0 Å². The lowest BCUT2D eigenvalue weighted by Gasteiger charge is -2.31. The van der Waals surface area contributed by atoms with Crippen molar-refractivity contribution in [1.82, 2.24) is 9.62 Å². The highest BCUT2D eigenvalue weighted by molar-refractivity contribution is 7.89. The van der Waals surface area contributed by atoms with Gasteiger partial charge >= 0.3 is 5.97 Å². The minimum Gasteiger partial charge on any atom is -0.497 e. The van der Waals surface area contributed by atoms with Crippen LogP contribution in [0.4, 0.5) is 0 Å². The third kappa shape index (κ3) is 4.98. The lowest BCUT2D eigenvalue weighted by molar-refractivity contribution is -0.147. The summed E-state index contributed by atoms with van der Waals surface area (Å²) in [5.41, 5.74) is -1.05. The molecule has 0 unspecified atom stereocenters. The second-order valence-electron chi connectivity index (χ2n) is 7.26. The molecule has 0 bridgehead atoms. The Bertz CT molecular complexity index is 781. The third-order valence-corrected chi connectivity index (χ3v) is 6.72. The van der Waals surface area contributed by atoms with Crippen LogP contribution in [0.3, 0.4) is 0 Å². The summed E-state index contributed by atoms with van der Waals surface area (Å²) < 4.78 is 31.8. The van der Waals surface area contributed by atoms with Crippen molar-refractivity contribution in [3.63, 3.8) is 0 Å². The summed E-state index contributed by atoms with van der Waals surface area (Å²) in [6, 6.07) is 6.19. The van der Waals surface area contributed by atoms with E-state index in [4.69, 9.17) is 9.84 Å². The fourth-order valence-electron chi connectivity index (χ4n) is 2.78. The number of ether oxygens (including phenoxy) is 1. The maximum Gasteiger partial charge on any atom is 0.310 e. The number of rotatable bonds is 7. The first-order chi connectivity index (χ1) is 12.6. The van der Waals surface area contributed by atoms with E-state index in [1.54, 1.807) is 26.0 Å². The average molecular weight is 398 g/mol. The number of hydrogen-bond donors (Lipinski definition) is 2. The van der Waals surface area contributed by atoms with Crippen LogP contribution in [0.15, 0.2) is 29.2 Å². The van der Waals surface area contributed by atoms with Crippen LogP contribution in [-0.4, -0.2) is 56.5 Å². The van der Waals surface area contributed by atoms with Crippen LogP contribution in [0, 0.1) is 11.3 Å². The molecule has 0 aromatic heterocycles. The number of aliphatic carboxylic acids is 1. The van der Waals surface area contributed by atoms with Gasteiger partial charge < -0.3 is 15.2 Å². The molecular weight excluding hydrogens is 372 g/mol. The van der Waals surface area contributed by atoms with Crippen LogP contribution in [-0.2, 0) is 19.6 Å². The molecule has 0 saturated carbocycles. The zero-order valence-electron chi connectivity index (χ0n) is 15.8. The van der Waals surface area contributed by atoms with Crippen molar-refractivity contribution in [2.45, 2.75) is 31.6 Å². The predicted molar refractivity (Wildman–Crippen MR) is 98.9 cm³/mol. The molecule has 1 aromatic rings. The molecule has 150 valence electrons. The molecule has 9 heteroatoms. The van der Waals surface area contributed by atoms with Crippen LogP contribution >= 0.6 is 0 Å². The molecule has 0 spiro atoms. The number of carbonyl (C=O) groups excluding carboxylic acids is 1. The van der Waals surface area contributed by atoms with Gasteiger partial charge in [0.1, 0.15) is 5.75 Å². The number of piperidine rings is 1.